The lowest BCUT2D eigenvalue weighted by atomic mass is 10.0. The molecular weight excluding hydrogens is 472 g/mol. The van der Waals surface area contributed by atoms with Crippen LogP contribution in [0.4, 0.5) is 0 Å². The van der Waals surface area contributed by atoms with Crippen molar-refractivity contribution in [3.8, 4) is 34.8 Å². The molecule has 38 heavy (non-hydrogen) atoms. The Morgan fingerprint density at radius 1 is 0.579 bits per heavy atom. The van der Waals surface area contributed by atoms with Crippen molar-refractivity contribution in [2.75, 3.05) is 52.5 Å². The summed E-state index contributed by atoms with van der Waals surface area (Å²) >= 11 is 0. The number of nitriles is 2. The van der Waals surface area contributed by atoms with Gasteiger partial charge in [-0.25, -0.2) is 0 Å². The monoisotopic (exact) mass is 510 g/mol. The van der Waals surface area contributed by atoms with E-state index in [2.05, 4.69) is 34.1 Å². The number of ether oxygens (including phenoxy) is 2. The van der Waals surface area contributed by atoms with Crippen molar-refractivity contribution in [3.05, 3.63) is 83.9 Å². The Bertz CT molecular complexity index is 1150. The minimum Gasteiger partial charge on any atom is -0.494 e. The van der Waals surface area contributed by atoms with Gasteiger partial charge in [0.25, 0.3) is 0 Å². The molecule has 0 spiro atoms. The van der Waals surface area contributed by atoms with Crippen molar-refractivity contribution < 1.29 is 9.47 Å². The summed E-state index contributed by atoms with van der Waals surface area (Å²) < 4.78 is 11.7. The minimum absolute atomic E-state index is 0.654. The lowest BCUT2D eigenvalue weighted by Gasteiger charge is -2.34. The number of hydrogen-bond donors (Lipinski definition) is 0. The van der Waals surface area contributed by atoms with Gasteiger partial charge in [-0.1, -0.05) is 38.1 Å². The van der Waals surface area contributed by atoms with Gasteiger partial charge in [-0.2, -0.15) is 10.5 Å². The summed E-state index contributed by atoms with van der Waals surface area (Å²) in [5.41, 5.74) is 3.54. The quantitative estimate of drug-likeness (QED) is 0.296. The summed E-state index contributed by atoms with van der Waals surface area (Å²) in [6, 6.07) is 27.3. The topological polar surface area (TPSA) is 72.5 Å². The van der Waals surface area contributed by atoms with Gasteiger partial charge in [-0.15, -0.1) is 0 Å². The maximum absolute atomic E-state index is 8.94. The molecule has 1 fully saturated rings. The summed E-state index contributed by atoms with van der Waals surface area (Å²) in [4.78, 5) is 5.02. The normalized spacial score (nSPS) is 13.5. The first-order chi connectivity index (χ1) is 18.7. The fraction of sp³-hybridized carbons (Fsp3) is 0.375. The zero-order valence-electron chi connectivity index (χ0n) is 22.6. The van der Waals surface area contributed by atoms with Gasteiger partial charge in [-0.05, 0) is 72.5 Å². The summed E-state index contributed by atoms with van der Waals surface area (Å²) in [7, 11) is 0. The Hall–Kier alpha value is -3.84. The van der Waals surface area contributed by atoms with Crippen molar-refractivity contribution in [3.63, 3.8) is 0 Å². The molecule has 0 saturated carbocycles. The van der Waals surface area contributed by atoms with Gasteiger partial charge >= 0.3 is 0 Å². The van der Waals surface area contributed by atoms with Crippen LogP contribution in [-0.4, -0.2) is 62.3 Å². The Labute approximate surface area is 227 Å². The van der Waals surface area contributed by atoms with Crippen LogP contribution in [0, 0.1) is 22.7 Å². The van der Waals surface area contributed by atoms with Crippen molar-refractivity contribution in [1.82, 2.24) is 9.80 Å². The van der Waals surface area contributed by atoms with Crippen LogP contribution in [-0.2, 0) is 0 Å². The van der Waals surface area contributed by atoms with E-state index in [0.717, 1.165) is 74.7 Å². The van der Waals surface area contributed by atoms with Crippen molar-refractivity contribution >= 4 is 0 Å². The fourth-order valence-electron chi connectivity index (χ4n) is 4.30. The van der Waals surface area contributed by atoms with E-state index in [4.69, 9.17) is 20.0 Å². The maximum atomic E-state index is 8.94. The van der Waals surface area contributed by atoms with E-state index in [9.17, 15) is 0 Å². The molecular formula is C32H38N4O2. The second kappa shape index (κ2) is 16.1. The van der Waals surface area contributed by atoms with Crippen LogP contribution >= 0.6 is 0 Å². The molecule has 6 heteroatoms. The van der Waals surface area contributed by atoms with Gasteiger partial charge in [-0.3, -0.25) is 0 Å². The second-order valence-corrected chi connectivity index (χ2v) is 8.94. The first-order valence-corrected chi connectivity index (χ1v) is 13.5. The third-order valence-electron chi connectivity index (χ3n) is 6.42. The lowest BCUT2D eigenvalue weighted by Crippen LogP contribution is -2.47. The van der Waals surface area contributed by atoms with E-state index >= 15 is 0 Å². The highest BCUT2D eigenvalue weighted by molar-refractivity contribution is 5.64. The van der Waals surface area contributed by atoms with E-state index in [1.54, 1.807) is 12.1 Å². The van der Waals surface area contributed by atoms with Crippen molar-refractivity contribution in [1.29, 1.82) is 10.5 Å². The molecule has 1 aliphatic heterocycles. The minimum atomic E-state index is 0.654. The molecule has 1 aliphatic rings. The first kappa shape index (κ1) is 28.7. The molecule has 198 valence electrons. The summed E-state index contributed by atoms with van der Waals surface area (Å²) in [6.45, 7) is 11.9. The molecule has 3 aromatic carbocycles. The van der Waals surface area contributed by atoms with Gasteiger partial charge < -0.3 is 19.3 Å². The lowest BCUT2D eigenvalue weighted by molar-refractivity contribution is 0.120. The standard InChI is InChI=1S/C30H32N4O2.C2H6/c31-23-25-3-7-27(8-4-25)28-9-13-30(14-10-28)36-22-2-16-34-19-17-33(18-20-34)15-1-21-35-29-11-5-26(24-32)6-12-29;1-2/h3-14H,1-2,15-22H2;1-2H3. The van der Waals surface area contributed by atoms with Crippen molar-refractivity contribution in [2.45, 2.75) is 26.7 Å². The average Bonchev–Trinajstić information content (AvgIpc) is 3.00. The smallest absolute Gasteiger partial charge is 0.119 e. The molecule has 0 aromatic heterocycles. The summed E-state index contributed by atoms with van der Waals surface area (Å²) in [5.74, 6) is 1.71. The van der Waals surface area contributed by atoms with Gasteiger partial charge in [0.1, 0.15) is 11.5 Å². The number of nitrogens with zero attached hydrogens (tertiary/aromatic N) is 4. The molecule has 0 amide bonds. The van der Waals surface area contributed by atoms with Crippen molar-refractivity contribution in [2.24, 2.45) is 0 Å². The SMILES string of the molecule is CC.N#Cc1ccc(OCCCN2CCN(CCCOc3ccc(-c4ccc(C#N)cc4)cc3)CC2)cc1. The molecule has 0 aliphatic carbocycles. The highest BCUT2D eigenvalue weighted by Crippen LogP contribution is 2.23. The summed E-state index contributed by atoms with van der Waals surface area (Å²) in [5, 5.41) is 17.8. The first-order valence-electron chi connectivity index (χ1n) is 13.5. The zero-order chi connectivity index (χ0) is 27.0. The molecule has 4 rings (SSSR count). The molecule has 3 aromatic rings. The molecule has 0 N–H and O–H groups in total. The van der Waals surface area contributed by atoms with Crippen LogP contribution in [0.3, 0.4) is 0 Å². The van der Waals surface area contributed by atoms with Crippen LogP contribution in [0.2, 0.25) is 0 Å². The van der Waals surface area contributed by atoms with Gasteiger partial charge in [0.2, 0.25) is 0 Å². The maximum Gasteiger partial charge on any atom is 0.119 e. The third kappa shape index (κ3) is 9.23. The molecule has 0 unspecified atom stereocenters. The van der Waals surface area contributed by atoms with Gasteiger partial charge in [0, 0.05) is 39.3 Å². The Morgan fingerprint density at radius 3 is 1.32 bits per heavy atom. The third-order valence-corrected chi connectivity index (χ3v) is 6.42. The predicted octanol–water partition coefficient (Wildman–Crippen LogP) is 5.98. The van der Waals surface area contributed by atoms with Crippen LogP contribution < -0.4 is 9.47 Å². The van der Waals surface area contributed by atoms with Crippen LogP contribution in [0.1, 0.15) is 37.8 Å². The number of rotatable bonds is 11. The largest absolute Gasteiger partial charge is 0.494 e. The van der Waals surface area contributed by atoms with Gasteiger partial charge in [0.05, 0.1) is 36.5 Å². The average molecular weight is 511 g/mol. The van der Waals surface area contributed by atoms with E-state index in [1.807, 2.05) is 62.4 Å². The van der Waals surface area contributed by atoms with E-state index in [0.29, 0.717) is 24.3 Å². The highest BCUT2D eigenvalue weighted by atomic mass is 16.5. The molecule has 6 nitrogen and oxygen atoms in total. The molecule has 1 heterocycles. The van der Waals surface area contributed by atoms with E-state index in [-0.39, 0.29) is 0 Å². The van der Waals surface area contributed by atoms with Crippen LogP contribution in [0.25, 0.3) is 11.1 Å². The molecule has 0 radical (unpaired) electrons. The number of hydrogen-bond acceptors (Lipinski definition) is 6. The molecule has 0 atom stereocenters. The van der Waals surface area contributed by atoms with E-state index in [1.165, 1.54) is 0 Å². The Morgan fingerprint density at radius 2 is 0.921 bits per heavy atom. The fourth-order valence-corrected chi connectivity index (χ4v) is 4.30. The summed E-state index contributed by atoms with van der Waals surface area (Å²) in [6.07, 6.45) is 2.01. The second-order valence-electron chi connectivity index (χ2n) is 8.94. The highest BCUT2D eigenvalue weighted by Gasteiger charge is 2.16. The van der Waals surface area contributed by atoms with E-state index < -0.39 is 0 Å². The Kier molecular flexibility index (Phi) is 12.2. The number of benzene rings is 3. The molecule has 1 saturated heterocycles. The Balaban J connectivity index is 0.00000195. The van der Waals surface area contributed by atoms with Crippen LogP contribution in [0.15, 0.2) is 72.8 Å². The molecule has 0 bridgehead atoms. The van der Waals surface area contributed by atoms with Crippen LogP contribution in [0.5, 0.6) is 11.5 Å². The predicted molar refractivity (Wildman–Crippen MR) is 152 cm³/mol. The number of piperazine rings is 1. The van der Waals surface area contributed by atoms with Gasteiger partial charge in [0.15, 0.2) is 0 Å². The zero-order valence-corrected chi connectivity index (χ0v) is 22.6.